The van der Waals surface area contributed by atoms with Crippen LogP contribution >= 0.6 is 0 Å². The smallest absolute Gasteiger partial charge is 0.306 e. The molecule has 0 heterocycles. The van der Waals surface area contributed by atoms with Crippen LogP contribution in [-0.2, 0) is 28.6 Å². The minimum atomic E-state index is -0.787. The van der Waals surface area contributed by atoms with Crippen LogP contribution in [0.4, 0.5) is 0 Å². The first kappa shape index (κ1) is 62.8. The third-order valence-corrected chi connectivity index (χ3v) is 12.0. The maximum atomic E-state index is 12.8. The van der Waals surface area contributed by atoms with Crippen LogP contribution in [0.5, 0.6) is 0 Å². The largest absolute Gasteiger partial charge is 0.462 e. The lowest BCUT2D eigenvalue weighted by Gasteiger charge is -2.18. The van der Waals surface area contributed by atoms with E-state index >= 15 is 0 Å². The molecule has 1 atom stereocenters. The monoisotopic (exact) mass is 921 g/mol. The molecule has 0 aliphatic heterocycles. The summed E-state index contributed by atoms with van der Waals surface area (Å²) in [4.78, 5) is 38.1. The van der Waals surface area contributed by atoms with Crippen LogP contribution < -0.4 is 0 Å². The Morgan fingerprint density at radius 1 is 0.333 bits per heavy atom. The molecule has 0 aromatic carbocycles. The quantitative estimate of drug-likeness (QED) is 0.0199. The minimum Gasteiger partial charge on any atom is -0.462 e. The number of carbonyl (C=O) groups is 3. The summed E-state index contributed by atoms with van der Waals surface area (Å²) < 4.78 is 16.8. The zero-order chi connectivity index (χ0) is 47.9. The molecule has 1 unspecified atom stereocenters. The topological polar surface area (TPSA) is 78.9 Å². The molecular weight excluding hydrogens is 817 g/mol. The van der Waals surface area contributed by atoms with Crippen molar-refractivity contribution in [1.82, 2.24) is 0 Å². The highest BCUT2D eigenvalue weighted by Gasteiger charge is 2.19. The lowest BCUT2D eigenvalue weighted by Crippen LogP contribution is -2.30. The lowest BCUT2D eigenvalue weighted by atomic mass is 10.0. The first-order valence-corrected chi connectivity index (χ1v) is 28.0. The van der Waals surface area contributed by atoms with Gasteiger partial charge >= 0.3 is 17.9 Å². The summed E-state index contributed by atoms with van der Waals surface area (Å²) in [6.07, 6.45) is 68.8. The molecule has 0 saturated heterocycles. The van der Waals surface area contributed by atoms with E-state index in [1.165, 1.54) is 135 Å². The summed E-state index contributed by atoms with van der Waals surface area (Å²) >= 11 is 0. The van der Waals surface area contributed by atoms with Crippen molar-refractivity contribution in [2.45, 2.75) is 277 Å². The first-order valence-electron chi connectivity index (χ1n) is 28.0. The second-order valence-corrected chi connectivity index (χ2v) is 18.6. The average Bonchev–Trinajstić information content (AvgIpc) is 3.31. The van der Waals surface area contributed by atoms with Gasteiger partial charge in [0.15, 0.2) is 6.10 Å². The summed E-state index contributed by atoms with van der Waals surface area (Å²) in [5.41, 5.74) is 0. The Hall–Kier alpha value is -3.15. The summed E-state index contributed by atoms with van der Waals surface area (Å²) in [5.74, 6) is -0.907. The zero-order valence-corrected chi connectivity index (χ0v) is 43.4. The van der Waals surface area contributed by atoms with E-state index in [9.17, 15) is 14.4 Å². The fourth-order valence-electron chi connectivity index (χ4n) is 7.84. The predicted molar refractivity (Wildman–Crippen MR) is 284 cm³/mol. The Morgan fingerprint density at radius 3 is 1.08 bits per heavy atom. The molecule has 380 valence electrons. The standard InChI is InChI=1S/C60H104O6/c1-4-7-10-13-16-19-22-25-28-30-33-35-38-41-44-47-50-53-59(62)65-56-57(55-64-58(61)52-49-46-43-40-37-34-31-27-24-21-18-15-12-9-6-3)66-60(63)54-51-48-45-42-39-36-32-29-26-23-20-17-14-11-8-5-2/h9,12,15-16,18-19,21,24-25,27-28,31,57H,4-8,10-11,13-14,17,20,22-23,26,29-30,32-56H2,1-3H3/b12-9-,18-15-,19-16-,24-21-,28-25-,31-27-. The van der Waals surface area contributed by atoms with Crippen LogP contribution in [0.15, 0.2) is 72.9 Å². The van der Waals surface area contributed by atoms with Gasteiger partial charge in [-0.1, -0.05) is 254 Å². The molecule has 0 aromatic rings. The Bertz CT molecular complexity index is 1240. The molecule has 6 nitrogen and oxygen atoms in total. The van der Waals surface area contributed by atoms with Crippen molar-refractivity contribution < 1.29 is 28.6 Å². The summed E-state index contributed by atoms with van der Waals surface area (Å²) in [7, 11) is 0. The Labute approximate surface area is 408 Å². The number of ether oxygens (including phenoxy) is 3. The van der Waals surface area contributed by atoms with E-state index in [0.717, 1.165) is 96.3 Å². The molecule has 0 radical (unpaired) electrons. The van der Waals surface area contributed by atoms with Gasteiger partial charge in [0, 0.05) is 19.3 Å². The molecule has 0 rings (SSSR count). The molecular formula is C60H104O6. The van der Waals surface area contributed by atoms with E-state index in [4.69, 9.17) is 14.2 Å². The highest BCUT2D eigenvalue weighted by Crippen LogP contribution is 2.16. The third-order valence-electron chi connectivity index (χ3n) is 12.0. The molecule has 0 saturated carbocycles. The van der Waals surface area contributed by atoms with Gasteiger partial charge in [0.1, 0.15) is 13.2 Å². The minimum absolute atomic E-state index is 0.0856. The van der Waals surface area contributed by atoms with E-state index in [0.29, 0.717) is 19.3 Å². The zero-order valence-electron chi connectivity index (χ0n) is 43.4. The van der Waals surface area contributed by atoms with Crippen molar-refractivity contribution in [1.29, 1.82) is 0 Å². The van der Waals surface area contributed by atoms with Gasteiger partial charge in [0.2, 0.25) is 0 Å². The Morgan fingerprint density at radius 2 is 0.652 bits per heavy atom. The van der Waals surface area contributed by atoms with E-state index in [1.807, 2.05) is 18.2 Å². The van der Waals surface area contributed by atoms with E-state index < -0.39 is 6.10 Å². The SMILES string of the molecule is CC\C=C/C=C\C=C/C=C\CCCCCCCC(=O)OCC(COC(=O)CCCCCCCCC/C=C\C/C=C\CCCCC)OC(=O)CCCCCCCCCCCCCCCCCC. The second kappa shape index (κ2) is 54.5. The molecule has 0 aromatic heterocycles. The summed E-state index contributed by atoms with van der Waals surface area (Å²) in [6.45, 7) is 6.47. The van der Waals surface area contributed by atoms with E-state index in [-0.39, 0.29) is 31.1 Å². The van der Waals surface area contributed by atoms with Crippen LogP contribution in [0.2, 0.25) is 0 Å². The van der Waals surface area contributed by atoms with Gasteiger partial charge in [-0.05, 0) is 70.6 Å². The van der Waals surface area contributed by atoms with Crippen LogP contribution in [0, 0.1) is 0 Å². The third kappa shape index (κ3) is 51.8. The van der Waals surface area contributed by atoms with Gasteiger partial charge in [-0.3, -0.25) is 14.4 Å². The van der Waals surface area contributed by atoms with Crippen molar-refractivity contribution in [2.24, 2.45) is 0 Å². The maximum Gasteiger partial charge on any atom is 0.306 e. The van der Waals surface area contributed by atoms with Crippen molar-refractivity contribution >= 4 is 17.9 Å². The van der Waals surface area contributed by atoms with Crippen molar-refractivity contribution in [3.05, 3.63) is 72.9 Å². The van der Waals surface area contributed by atoms with Crippen LogP contribution in [0.1, 0.15) is 271 Å². The Kier molecular flexibility index (Phi) is 51.9. The van der Waals surface area contributed by atoms with Crippen molar-refractivity contribution in [3.63, 3.8) is 0 Å². The molecule has 6 heteroatoms. The summed E-state index contributed by atoms with van der Waals surface area (Å²) in [6, 6.07) is 0. The van der Waals surface area contributed by atoms with Crippen LogP contribution in [0.3, 0.4) is 0 Å². The molecule has 0 aliphatic carbocycles. The predicted octanol–water partition coefficient (Wildman–Crippen LogP) is 18.6. The number of esters is 3. The van der Waals surface area contributed by atoms with Crippen molar-refractivity contribution in [3.8, 4) is 0 Å². The van der Waals surface area contributed by atoms with Gasteiger partial charge in [-0.2, -0.15) is 0 Å². The van der Waals surface area contributed by atoms with Gasteiger partial charge in [-0.15, -0.1) is 0 Å². The van der Waals surface area contributed by atoms with Gasteiger partial charge in [-0.25, -0.2) is 0 Å². The second-order valence-electron chi connectivity index (χ2n) is 18.6. The number of rotatable bonds is 50. The molecule has 0 N–H and O–H groups in total. The molecule has 0 amide bonds. The molecule has 66 heavy (non-hydrogen) atoms. The number of hydrogen-bond donors (Lipinski definition) is 0. The fraction of sp³-hybridized carbons (Fsp3) is 0.750. The molecule has 0 bridgehead atoms. The van der Waals surface area contributed by atoms with Crippen LogP contribution in [0.25, 0.3) is 0 Å². The number of carbonyl (C=O) groups excluding carboxylic acids is 3. The highest BCUT2D eigenvalue weighted by atomic mass is 16.6. The van der Waals surface area contributed by atoms with Crippen molar-refractivity contribution in [2.75, 3.05) is 13.2 Å². The number of unbranched alkanes of at least 4 members (excludes halogenated alkanes) is 30. The molecule has 0 fully saturated rings. The van der Waals surface area contributed by atoms with E-state index in [2.05, 4.69) is 75.5 Å². The van der Waals surface area contributed by atoms with Crippen LogP contribution in [-0.4, -0.2) is 37.2 Å². The number of allylic oxidation sites excluding steroid dienone is 12. The average molecular weight is 921 g/mol. The highest BCUT2D eigenvalue weighted by molar-refractivity contribution is 5.71. The van der Waals surface area contributed by atoms with Gasteiger partial charge in [0.25, 0.3) is 0 Å². The molecule has 0 spiro atoms. The summed E-state index contributed by atoms with van der Waals surface area (Å²) in [5, 5.41) is 0. The normalized spacial score (nSPS) is 12.6. The molecule has 0 aliphatic rings. The van der Waals surface area contributed by atoms with Gasteiger partial charge < -0.3 is 14.2 Å². The fourth-order valence-corrected chi connectivity index (χ4v) is 7.84. The lowest BCUT2D eigenvalue weighted by molar-refractivity contribution is -0.167. The number of hydrogen-bond acceptors (Lipinski definition) is 6. The Balaban J connectivity index is 4.41. The van der Waals surface area contributed by atoms with Gasteiger partial charge in [0.05, 0.1) is 0 Å². The van der Waals surface area contributed by atoms with E-state index in [1.54, 1.807) is 0 Å². The maximum absolute atomic E-state index is 12.8. The first-order chi connectivity index (χ1) is 32.5.